The fourth-order valence-electron chi connectivity index (χ4n) is 1.91. The summed E-state index contributed by atoms with van der Waals surface area (Å²) >= 11 is 6.65. The normalized spacial score (nSPS) is 11.4. The molecule has 0 saturated carbocycles. The summed E-state index contributed by atoms with van der Waals surface area (Å²) in [5.74, 6) is 0.601. The zero-order chi connectivity index (χ0) is 19.4. The molecule has 2 amide bonds. The Morgan fingerprint density at radius 1 is 1.15 bits per heavy atom. The van der Waals surface area contributed by atoms with E-state index in [1.165, 1.54) is 0 Å². The molecule has 0 heterocycles. The van der Waals surface area contributed by atoms with Crippen LogP contribution in [0.3, 0.4) is 0 Å². The van der Waals surface area contributed by atoms with Crippen molar-refractivity contribution in [3.8, 4) is 5.75 Å². The first-order chi connectivity index (χ1) is 12.4. The first-order valence-electron chi connectivity index (χ1n) is 8.25. The summed E-state index contributed by atoms with van der Waals surface area (Å²) in [7, 11) is 0. The van der Waals surface area contributed by atoms with Crippen LogP contribution < -0.4 is 26.2 Å². The molecular formula is C17H26N4O3S2. The molecule has 0 aliphatic heterocycles. The molecule has 1 atom stereocenters. The van der Waals surface area contributed by atoms with E-state index in [1.54, 1.807) is 23.9 Å². The maximum Gasteiger partial charge on any atom is 0.260 e. The molecule has 0 saturated heterocycles. The predicted molar refractivity (Wildman–Crippen MR) is 109 cm³/mol. The van der Waals surface area contributed by atoms with Crippen molar-refractivity contribution in [1.29, 1.82) is 0 Å². The van der Waals surface area contributed by atoms with Gasteiger partial charge in [0, 0.05) is 6.04 Å². The fourth-order valence-corrected chi connectivity index (χ4v) is 2.67. The number of rotatable bonds is 9. The van der Waals surface area contributed by atoms with Gasteiger partial charge < -0.3 is 15.4 Å². The number of para-hydroxylation sites is 1. The number of benzene rings is 1. The molecule has 0 spiro atoms. The van der Waals surface area contributed by atoms with Gasteiger partial charge >= 0.3 is 0 Å². The van der Waals surface area contributed by atoms with Gasteiger partial charge in [0.15, 0.2) is 11.7 Å². The van der Waals surface area contributed by atoms with E-state index in [2.05, 4.69) is 21.5 Å². The molecule has 1 rings (SSSR count). The summed E-state index contributed by atoms with van der Waals surface area (Å²) in [6.07, 6.45) is 2.44. The van der Waals surface area contributed by atoms with Crippen LogP contribution in [0.1, 0.15) is 20.3 Å². The van der Waals surface area contributed by atoms with Gasteiger partial charge in [0.1, 0.15) is 11.8 Å². The lowest BCUT2D eigenvalue weighted by molar-refractivity contribution is -0.130. The van der Waals surface area contributed by atoms with Crippen LogP contribution in [0.5, 0.6) is 5.75 Å². The number of amides is 2. The molecule has 1 aromatic carbocycles. The number of hydrogen-bond donors (Lipinski definition) is 4. The van der Waals surface area contributed by atoms with Crippen LogP contribution in [-0.4, -0.2) is 47.6 Å². The highest BCUT2D eigenvalue weighted by atomic mass is 32.2. The molecule has 0 radical (unpaired) electrons. The van der Waals surface area contributed by atoms with Crippen LogP contribution in [0.25, 0.3) is 0 Å². The Hall–Kier alpha value is -2.00. The Labute approximate surface area is 164 Å². The summed E-state index contributed by atoms with van der Waals surface area (Å²) < 4.78 is 5.40. The Kier molecular flexibility index (Phi) is 10.5. The lowest BCUT2D eigenvalue weighted by atomic mass is 10.2. The van der Waals surface area contributed by atoms with E-state index in [1.807, 2.05) is 38.3 Å². The lowest BCUT2D eigenvalue weighted by Crippen LogP contribution is -2.55. The van der Waals surface area contributed by atoms with Gasteiger partial charge in [-0.15, -0.1) is 0 Å². The molecule has 0 aromatic heterocycles. The number of ether oxygens (including phenoxy) is 1. The molecular weight excluding hydrogens is 372 g/mol. The van der Waals surface area contributed by atoms with E-state index in [0.29, 0.717) is 17.3 Å². The van der Waals surface area contributed by atoms with Gasteiger partial charge in [0.25, 0.3) is 11.8 Å². The maximum absolute atomic E-state index is 12.3. The van der Waals surface area contributed by atoms with Crippen molar-refractivity contribution in [3.05, 3.63) is 30.3 Å². The van der Waals surface area contributed by atoms with Crippen LogP contribution >= 0.6 is 24.0 Å². The van der Waals surface area contributed by atoms with Gasteiger partial charge in [-0.25, -0.2) is 0 Å². The average Bonchev–Trinajstić information content (AvgIpc) is 2.61. The average molecular weight is 399 g/mol. The van der Waals surface area contributed by atoms with Crippen LogP contribution in [0.4, 0.5) is 0 Å². The van der Waals surface area contributed by atoms with Crippen molar-refractivity contribution in [1.82, 2.24) is 21.5 Å². The molecule has 1 aromatic rings. The molecule has 0 aliphatic carbocycles. The Morgan fingerprint density at radius 2 is 1.85 bits per heavy atom. The molecule has 0 bridgehead atoms. The molecule has 7 nitrogen and oxygen atoms in total. The van der Waals surface area contributed by atoms with Gasteiger partial charge in [-0.3, -0.25) is 20.4 Å². The minimum Gasteiger partial charge on any atom is -0.484 e. The predicted octanol–water partition coefficient (Wildman–Crippen LogP) is 1.21. The number of hydrogen-bond acceptors (Lipinski definition) is 5. The summed E-state index contributed by atoms with van der Waals surface area (Å²) in [5.41, 5.74) is 5.15. The highest BCUT2D eigenvalue weighted by molar-refractivity contribution is 7.98. The van der Waals surface area contributed by atoms with E-state index >= 15 is 0 Å². The van der Waals surface area contributed by atoms with Crippen molar-refractivity contribution in [2.24, 2.45) is 0 Å². The third-order valence-electron chi connectivity index (χ3n) is 3.09. The molecule has 26 heavy (non-hydrogen) atoms. The third-order valence-corrected chi connectivity index (χ3v) is 3.96. The van der Waals surface area contributed by atoms with Crippen molar-refractivity contribution in [3.63, 3.8) is 0 Å². The quantitative estimate of drug-likeness (QED) is 0.367. The fraction of sp³-hybridized carbons (Fsp3) is 0.471. The standard InChI is InChI=1S/C17H26N4O3S2/c1-12(2)18-17(25)21-20-16(23)14(9-10-26-3)19-15(22)11-24-13-7-5-4-6-8-13/h4-8,12,14H,9-11H2,1-3H3,(H,19,22)(H,20,23)(H2,18,21,25)/t14-/m0/s1. The highest BCUT2D eigenvalue weighted by Crippen LogP contribution is 2.08. The largest absolute Gasteiger partial charge is 0.484 e. The van der Waals surface area contributed by atoms with E-state index < -0.39 is 6.04 Å². The summed E-state index contributed by atoms with van der Waals surface area (Å²) in [6, 6.07) is 8.50. The van der Waals surface area contributed by atoms with Crippen LogP contribution in [0.15, 0.2) is 30.3 Å². The Morgan fingerprint density at radius 3 is 2.46 bits per heavy atom. The lowest BCUT2D eigenvalue weighted by Gasteiger charge is -2.20. The SMILES string of the molecule is CSCC[C@H](NC(=O)COc1ccccc1)C(=O)NNC(=S)NC(C)C. The highest BCUT2D eigenvalue weighted by Gasteiger charge is 2.20. The van der Waals surface area contributed by atoms with Crippen LogP contribution in [0, 0.1) is 0 Å². The molecule has 9 heteroatoms. The molecule has 0 fully saturated rings. The van der Waals surface area contributed by atoms with Gasteiger partial charge in [0.05, 0.1) is 0 Å². The maximum atomic E-state index is 12.3. The summed E-state index contributed by atoms with van der Waals surface area (Å²) in [4.78, 5) is 24.4. The number of nitrogens with one attached hydrogen (secondary N) is 4. The Balaban J connectivity index is 2.49. The minimum absolute atomic E-state index is 0.147. The monoisotopic (exact) mass is 398 g/mol. The number of carbonyl (C=O) groups is 2. The van der Waals surface area contributed by atoms with E-state index in [4.69, 9.17) is 17.0 Å². The summed E-state index contributed by atoms with van der Waals surface area (Å²) in [6.45, 7) is 3.71. The second-order valence-electron chi connectivity index (χ2n) is 5.75. The zero-order valence-electron chi connectivity index (χ0n) is 15.2. The van der Waals surface area contributed by atoms with Crippen LogP contribution in [0.2, 0.25) is 0 Å². The molecule has 144 valence electrons. The summed E-state index contributed by atoms with van der Waals surface area (Å²) in [5, 5.41) is 5.96. The molecule has 4 N–H and O–H groups in total. The first kappa shape index (κ1) is 22.0. The van der Waals surface area contributed by atoms with E-state index in [9.17, 15) is 9.59 Å². The molecule has 0 aliphatic rings. The smallest absolute Gasteiger partial charge is 0.260 e. The van der Waals surface area contributed by atoms with E-state index in [-0.39, 0.29) is 24.5 Å². The second kappa shape index (κ2) is 12.4. The third kappa shape index (κ3) is 9.47. The Bertz CT molecular complexity index is 585. The number of thioether (sulfide) groups is 1. The van der Waals surface area contributed by atoms with Crippen molar-refractivity contribution in [2.45, 2.75) is 32.4 Å². The molecule has 0 unspecified atom stereocenters. The van der Waals surface area contributed by atoms with Gasteiger partial charge in [-0.05, 0) is 56.6 Å². The topological polar surface area (TPSA) is 91.5 Å². The van der Waals surface area contributed by atoms with Gasteiger partial charge in [-0.1, -0.05) is 18.2 Å². The van der Waals surface area contributed by atoms with Crippen molar-refractivity contribution < 1.29 is 14.3 Å². The number of hydrazine groups is 1. The number of thiocarbonyl (C=S) groups is 1. The minimum atomic E-state index is -0.677. The van der Waals surface area contributed by atoms with Crippen LogP contribution in [-0.2, 0) is 9.59 Å². The number of carbonyl (C=O) groups excluding carboxylic acids is 2. The van der Waals surface area contributed by atoms with Crippen molar-refractivity contribution in [2.75, 3.05) is 18.6 Å². The zero-order valence-corrected chi connectivity index (χ0v) is 16.8. The van der Waals surface area contributed by atoms with Gasteiger partial charge in [0.2, 0.25) is 0 Å². The first-order valence-corrected chi connectivity index (χ1v) is 10.0. The second-order valence-corrected chi connectivity index (χ2v) is 7.14. The van der Waals surface area contributed by atoms with Crippen molar-refractivity contribution >= 4 is 40.9 Å². The van der Waals surface area contributed by atoms with E-state index in [0.717, 1.165) is 5.75 Å². The van der Waals surface area contributed by atoms with Gasteiger partial charge in [-0.2, -0.15) is 11.8 Å².